The fraction of sp³-hybridized carbons (Fsp3) is 0.667. The summed E-state index contributed by atoms with van der Waals surface area (Å²) < 4.78 is 5.06. The number of hydrogen-bond donors (Lipinski definition) is 3. The van der Waals surface area contributed by atoms with Crippen molar-refractivity contribution in [2.45, 2.75) is 26.4 Å². The summed E-state index contributed by atoms with van der Waals surface area (Å²) in [6.45, 7) is 2.70. The fourth-order valence-corrected chi connectivity index (χ4v) is 0.844. The van der Waals surface area contributed by atoms with E-state index in [4.69, 9.17) is 20.1 Å². The van der Waals surface area contributed by atoms with Gasteiger partial charge in [-0.05, 0) is 6.92 Å². The third kappa shape index (κ3) is 4.25. The van der Waals surface area contributed by atoms with Crippen molar-refractivity contribution in [2.75, 3.05) is 13.2 Å². The largest absolute Gasteiger partial charge is 0.495 e. The molecule has 0 aromatic rings. The molecule has 0 radical (unpaired) electrons. The summed E-state index contributed by atoms with van der Waals surface area (Å²) in [6.07, 6.45) is -0.533. The van der Waals surface area contributed by atoms with Crippen LogP contribution in [-0.2, 0) is 9.53 Å². The Morgan fingerprint density at radius 2 is 2.07 bits per heavy atom. The molecule has 0 aliphatic heterocycles. The highest BCUT2D eigenvalue weighted by molar-refractivity contribution is 5.86. The number of aliphatic carboxylic acids is 1. The van der Waals surface area contributed by atoms with Crippen LogP contribution in [0.25, 0.3) is 0 Å². The molecule has 1 atom stereocenters. The van der Waals surface area contributed by atoms with E-state index in [-0.39, 0.29) is 12.2 Å². The predicted octanol–water partition coefficient (Wildman–Crippen LogP) is 0.125. The molecule has 0 aromatic heterocycles. The molecular weight excluding hydrogens is 188 g/mol. The molecule has 14 heavy (non-hydrogen) atoms. The summed E-state index contributed by atoms with van der Waals surface area (Å²) in [5.74, 6) is -0.717. The average molecular weight is 204 g/mol. The van der Waals surface area contributed by atoms with E-state index in [1.54, 1.807) is 6.92 Å². The van der Waals surface area contributed by atoms with Crippen molar-refractivity contribution >= 4 is 5.97 Å². The average Bonchev–Trinajstić information content (AvgIpc) is 2.17. The zero-order valence-corrected chi connectivity index (χ0v) is 8.36. The monoisotopic (exact) mass is 204 g/mol. The molecule has 5 nitrogen and oxygen atoms in total. The zero-order valence-electron chi connectivity index (χ0n) is 8.36. The first-order valence-corrected chi connectivity index (χ1v) is 4.37. The summed E-state index contributed by atoms with van der Waals surface area (Å²) in [4.78, 5) is 10.6. The number of aliphatic hydroxyl groups is 2. The summed E-state index contributed by atoms with van der Waals surface area (Å²) in [5, 5.41) is 26.1. The molecule has 0 saturated carbocycles. The second-order valence-electron chi connectivity index (χ2n) is 2.85. The predicted molar refractivity (Wildman–Crippen MR) is 49.7 cm³/mol. The van der Waals surface area contributed by atoms with Crippen LogP contribution in [0.4, 0.5) is 0 Å². The van der Waals surface area contributed by atoms with E-state index < -0.39 is 18.7 Å². The summed E-state index contributed by atoms with van der Waals surface area (Å²) in [7, 11) is 0. The third-order valence-electron chi connectivity index (χ3n) is 1.72. The lowest BCUT2D eigenvalue weighted by Gasteiger charge is -2.13. The topological polar surface area (TPSA) is 87.0 Å². The van der Waals surface area contributed by atoms with Crippen LogP contribution in [0.5, 0.6) is 0 Å². The van der Waals surface area contributed by atoms with Crippen LogP contribution in [0, 0.1) is 0 Å². The number of ether oxygens (including phenoxy) is 1. The van der Waals surface area contributed by atoms with Gasteiger partial charge in [-0.25, -0.2) is 4.79 Å². The Bertz CT molecular complexity index is 221. The first-order valence-electron chi connectivity index (χ1n) is 4.37. The summed E-state index contributed by atoms with van der Waals surface area (Å²) >= 11 is 0. The van der Waals surface area contributed by atoms with E-state index in [1.165, 1.54) is 6.92 Å². The number of carboxylic acid groups (broad SMARTS) is 1. The first-order chi connectivity index (χ1) is 6.52. The number of hydrogen-bond acceptors (Lipinski definition) is 4. The van der Waals surface area contributed by atoms with Crippen molar-refractivity contribution in [2.24, 2.45) is 0 Å². The van der Waals surface area contributed by atoms with Crippen LogP contribution in [-0.4, -0.2) is 40.6 Å². The van der Waals surface area contributed by atoms with Crippen LogP contribution in [0.1, 0.15) is 20.3 Å². The summed E-state index contributed by atoms with van der Waals surface area (Å²) in [5.41, 5.74) is 0.123. The molecule has 0 aliphatic carbocycles. The molecule has 0 spiro atoms. The van der Waals surface area contributed by atoms with E-state index in [0.717, 1.165) is 0 Å². The number of allylic oxidation sites excluding steroid dienone is 1. The van der Waals surface area contributed by atoms with Gasteiger partial charge in [-0.15, -0.1) is 0 Å². The van der Waals surface area contributed by atoms with Gasteiger partial charge in [-0.1, -0.05) is 6.92 Å². The van der Waals surface area contributed by atoms with Crippen molar-refractivity contribution in [3.8, 4) is 0 Å². The molecule has 0 rings (SSSR count). The van der Waals surface area contributed by atoms with Crippen molar-refractivity contribution in [1.82, 2.24) is 0 Å². The second kappa shape index (κ2) is 6.39. The van der Waals surface area contributed by atoms with Crippen LogP contribution >= 0.6 is 0 Å². The van der Waals surface area contributed by atoms with Gasteiger partial charge in [-0.2, -0.15) is 0 Å². The molecular formula is C9H16O5. The lowest BCUT2D eigenvalue weighted by molar-refractivity contribution is -0.132. The SMILES string of the molecule is CCC(OCC(O)CO)=C(C)C(=O)O. The maximum absolute atomic E-state index is 10.6. The van der Waals surface area contributed by atoms with Gasteiger partial charge in [0.05, 0.1) is 12.2 Å². The third-order valence-corrected chi connectivity index (χ3v) is 1.72. The van der Waals surface area contributed by atoms with Crippen LogP contribution in [0.15, 0.2) is 11.3 Å². The Kier molecular flexibility index (Phi) is 5.91. The highest BCUT2D eigenvalue weighted by atomic mass is 16.5. The van der Waals surface area contributed by atoms with Gasteiger partial charge < -0.3 is 20.1 Å². The van der Waals surface area contributed by atoms with Gasteiger partial charge >= 0.3 is 5.97 Å². The Morgan fingerprint density at radius 1 is 1.50 bits per heavy atom. The fourth-order valence-electron chi connectivity index (χ4n) is 0.844. The quantitative estimate of drug-likeness (QED) is 0.422. The molecule has 1 unspecified atom stereocenters. The Morgan fingerprint density at radius 3 is 2.43 bits per heavy atom. The van der Waals surface area contributed by atoms with E-state index in [9.17, 15) is 4.79 Å². The Labute approximate surface area is 82.6 Å². The summed E-state index contributed by atoms with van der Waals surface area (Å²) in [6, 6.07) is 0. The Hall–Kier alpha value is -1.07. The standard InChI is InChI=1S/C9H16O5/c1-3-8(6(2)9(12)13)14-5-7(11)4-10/h7,10-11H,3-5H2,1-2H3,(H,12,13). The number of carbonyl (C=O) groups is 1. The lowest BCUT2D eigenvalue weighted by atomic mass is 10.2. The molecule has 0 aliphatic rings. The van der Waals surface area contributed by atoms with E-state index in [0.29, 0.717) is 12.2 Å². The lowest BCUT2D eigenvalue weighted by Crippen LogP contribution is -2.20. The number of rotatable bonds is 6. The second-order valence-corrected chi connectivity index (χ2v) is 2.85. The molecule has 82 valence electrons. The maximum atomic E-state index is 10.6. The smallest absolute Gasteiger partial charge is 0.334 e. The van der Waals surface area contributed by atoms with Gasteiger partial charge in [0.1, 0.15) is 18.5 Å². The molecule has 0 aromatic carbocycles. The van der Waals surface area contributed by atoms with Crippen molar-refractivity contribution in [3.63, 3.8) is 0 Å². The molecule has 3 N–H and O–H groups in total. The van der Waals surface area contributed by atoms with Gasteiger partial charge in [0.2, 0.25) is 0 Å². The van der Waals surface area contributed by atoms with Crippen LogP contribution in [0.3, 0.4) is 0 Å². The van der Waals surface area contributed by atoms with Crippen LogP contribution in [0.2, 0.25) is 0 Å². The molecule has 0 fully saturated rings. The van der Waals surface area contributed by atoms with E-state index in [2.05, 4.69) is 0 Å². The van der Waals surface area contributed by atoms with Crippen molar-refractivity contribution in [3.05, 3.63) is 11.3 Å². The molecule has 0 heterocycles. The van der Waals surface area contributed by atoms with Crippen molar-refractivity contribution in [1.29, 1.82) is 0 Å². The minimum atomic E-state index is -1.04. The van der Waals surface area contributed by atoms with E-state index in [1.807, 2.05) is 0 Å². The number of carboxylic acids is 1. The Balaban J connectivity index is 4.29. The molecule has 5 heteroatoms. The first kappa shape index (κ1) is 12.9. The maximum Gasteiger partial charge on any atom is 0.334 e. The van der Waals surface area contributed by atoms with Crippen molar-refractivity contribution < 1.29 is 24.9 Å². The zero-order chi connectivity index (χ0) is 11.1. The van der Waals surface area contributed by atoms with Gasteiger partial charge in [0, 0.05) is 6.42 Å². The van der Waals surface area contributed by atoms with Gasteiger partial charge in [0.15, 0.2) is 0 Å². The minimum absolute atomic E-state index is 0.0930. The normalized spacial score (nSPS) is 14.6. The van der Waals surface area contributed by atoms with Gasteiger partial charge in [-0.3, -0.25) is 0 Å². The number of aliphatic hydroxyl groups excluding tert-OH is 2. The molecule has 0 bridgehead atoms. The van der Waals surface area contributed by atoms with E-state index >= 15 is 0 Å². The molecule has 0 saturated heterocycles. The molecule has 0 amide bonds. The highest BCUT2D eigenvalue weighted by Gasteiger charge is 2.10. The van der Waals surface area contributed by atoms with Crippen LogP contribution < -0.4 is 0 Å². The van der Waals surface area contributed by atoms with Gasteiger partial charge in [0.25, 0.3) is 0 Å². The minimum Gasteiger partial charge on any atom is -0.495 e. The highest BCUT2D eigenvalue weighted by Crippen LogP contribution is 2.10.